The number of urea groups is 1. The number of carbonyl (C=O) groups is 1. The third-order valence-corrected chi connectivity index (χ3v) is 4.92. The van der Waals surface area contributed by atoms with Crippen LogP contribution in [0.5, 0.6) is 5.75 Å². The number of anilines is 1. The topological polar surface area (TPSA) is 41.6 Å². The Morgan fingerprint density at radius 2 is 1.92 bits per heavy atom. The number of methoxy groups -OCH3 is 1. The molecule has 2 aromatic carbocycles. The summed E-state index contributed by atoms with van der Waals surface area (Å²) in [6, 6.07) is 12.9. The van der Waals surface area contributed by atoms with Crippen molar-refractivity contribution in [3.05, 3.63) is 58.1 Å². The van der Waals surface area contributed by atoms with Crippen LogP contribution >= 0.6 is 23.2 Å². The normalized spacial score (nSPS) is 17.0. The highest BCUT2D eigenvalue weighted by Crippen LogP contribution is 2.33. The van der Waals surface area contributed by atoms with Crippen molar-refractivity contribution >= 4 is 34.9 Å². The van der Waals surface area contributed by atoms with E-state index in [9.17, 15) is 4.79 Å². The molecule has 3 rings (SSSR count). The molecule has 1 saturated heterocycles. The molecule has 0 aromatic heterocycles. The predicted octanol–water partition coefficient (Wildman–Crippen LogP) is 5.37. The summed E-state index contributed by atoms with van der Waals surface area (Å²) in [5.74, 6) is 0.809. The van der Waals surface area contributed by atoms with Crippen LogP contribution in [-0.4, -0.2) is 24.6 Å². The predicted molar refractivity (Wildman–Crippen MR) is 97.2 cm³/mol. The van der Waals surface area contributed by atoms with E-state index in [4.69, 9.17) is 27.9 Å². The second-order valence-electron chi connectivity index (χ2n) is 5.68. The first-order chi connectivity index (χ1) is 11.6. The van der Waals surface area contributed by atoms with Crippen molar-refractivity contribution in [1.29, 1.82) is 0 Å². The largest absolute Gasteiger partial charge is 0.497 e. The smallest absolute Gasteiger partial charge is 0.322 e. The van der Waals surface area contributed by atoms with Crippen LogP contribution in [0.3, 0.4) is 0 Å². The molecule has 2 aromatic rings. The van der Waals surface area contributed by atoms with Crippen molar-refractivity contribution in [3.8, 4) is 5.75 Å². The fourth-order valence-corrected chi connectivity index (χ4v) is 3.25. The third kappa shape index (κ3) is 3.60. The van der Waals surface area contributed by atoms with Crippen molar-refractivity contribution in [3.63, 3.8) is 0 Å². The summed E-state index contributed by atoms with van der Waals surface area (Å²) in [7, 11) is 1.64. The average molecular weight is 365 g/mol. The van der Waals surface area contributed by atoms with Gasteiger partial charge in [0.1, 0.15) is 5.75 Å². The molecule has 1 aliphatic heterocycles. The van der Waals surface area contributed by atoms with Gasteiger partial charge >= 0.3 is 6.03 Å². The molecular weight excluding hydrogens is 347 g/mol. The lowest BCUT2D eigenvalue weighted by Crippen LogP contribution is -2.34. The van der Waals surface area contributed by atoms with Gasteiger partial charge in [0.2, 0.25) is 0 Å². The Balaban J connectivity index is 1.74. The lowest BCUT2D eigenvalue weighted by Gasteiger charge is -2.25. The number of carbonyl (C=O) groups excluding carboxylic acids is 1. The summed E-state index contributed by atoms with van der Waals surface area (Å²) in [6.07, 6.45) is 1.92. The van der Waals surface area contributed by atoms with Gasteiger partial charge in [-0.1, -0.05) is 35.3 Å². The van der Waals surface area contributed by atoms with Crippen LogP contribution < -0.4 is 10.1 Å². The lowest BCUT2D eigenvalue weighted by atomic mass is 10.0. The summed E-state index contributed by atoms with van der Waals surface area (Å²) in [6.45, 7) is 0.726. The van der Waals surface area contributed by atoms with Crippen molar-refractivity contribution in [1.82, 2.24) is 4.90 Å². The molecule has 0 radical (unpaired) electrons. The zero-order chi connectivity index (χ0) is 17.1. The Hall–Kier alpha value is -1.91. The molecule has 1 atom stereocenters. The number of amides is 2. The Morgan fingerprint density at radius 1 is 1.17 bits per heavy atom. The fraction of sp³-hybridized carbons (Fsp3) is 0.278. The van der Waals surface area contributed by atoms with Crippen molar-refractivity contribution in [2.24, 2.45) is 0 Å². The van der Waals surface area contributed by atoms with Crippen LogP contribution in [0.25, 0.3) is 0 Å². The minimum absolute atomic E-state index is 0.0682. The van der Waals surface area contributed by atoms with Crippen LogP contribution in [0, 0.1) is 0 Å². The maximum atomic E-state index is 12.6. The van der Waals surface area contributed by atoms with Crippen LogP contribution in [0.1, 0.15) is 24.4 Å². The van der Waals surface area contributed by atoms with Crippen LogP contribution in [0.4, 0.5) is 10.5 Å². The van der Waals surface area contributed by atoms with E-state index in [2.05, 4.69) is 5.32 Å². The van der Waals surface area contributed by atoms with E-state index < -0.39 is 0 Å². The number of nitrogens with zero attached hydrogens (tertiary/aromatic N) is 1. The van der Waals surface area contributed by atoms with E-state index in [-0.39, 0.29) is 12.1 Å². The molecule has 1 aliphatic rings. The molecule has 2 amide bonds. The molecular formula is C18H18Cl2N2O2. The summed E-state index contributed by atoms with van der Waals surface area (Å²) < 4.78 is 5.19. The average Bonchev–Trinajstić information content (AvgIpc) is 3.08. The van der Waals surface area contributed by atoms with Gasteiger partial charge in [-0.05, 0) is 48.7 Å². The summed E-state index contributed by atoms with van der Waals surface area (Å²) in [5, 5.41) is 3.78. The van der Waals surface area contributed by atoms with E-state index in [0.717, 1.165) is 30.7 Å². The number of hydrogen-bond donors (Lipinski definition) is 1. The quantitative estimate of drug-likeness (QED) is 0.794. The van der Waals surface area contributed by atoms with Gasteiger partial charge in [0.25, 0.3) is 0 Å². The van der Waals surface area contributed by atoms with Gasteiger partial charge in [-0.3, -0.25) is 0 Å². The Labute approximate surface area is 151 Å². The molecule has 0 saturated carbocycles. The van der Waals surface area contributed by atoms with Gasteiger partial charge in [0, 0.05) is 12.2 Å². The second-order valence-corrected chi connectivity index (χ2v) is 6.50. The zero-order valence-electron chi connectivity index (χ0n) is 13.3. The summed E-state index contributed by atoms with van der Waals surface area (Å²) in [5.41, 5.74) is 1.74. The maximum Gasteiger partial charge on any atom is 0.322 e. The fourth-order valence-electron chi connectivity index (χ4n) is 2.95. The number of likely N-dealkylation sites (tertiary alicyclic amines) is 1. The Bertz CT molecular complexity index is 734. The molecule has 126 valence electrons. The van der Waals surface area contributed by atoms with Crippen molar-refractivity contribution in [2.75, 3.05) is 19.0 Å². The number of ether oxygens (including phenoxy) is 1. The van der Waals surface area contributed by atoms with Crippen molar-refractivity contribution < 1.29 is 9.53 Å². The molecule has 1 fully saturated rings. The Morgan fingerprint density at radius 3 is 2.58 bits per heavy atom. The number of hydrogen-bond acceptors (Lipinski definition) is 2. The minimum Gasteiger partial charge on any atom is -0.497 e. The van der Waals surface area contributed by atoms with Gasteiger partial charge in [-0.25, -0.2) is 4.79 Å². The van der Waals surface area contributed by atoms with E-state index in [1.54, 1.807) is 25.3 Å². The SMILES string of the molecule is COc1ccc(C2CCCN2C(=O)Nc2ccc(Cl)c(Cl)c2)cc1. The highest BCUT2D eigenvalue weighted by molar-refractivity contribution is 6.42. The molecule has 24 heavy (non-hydrogen) atoms. The zero-order valence-corrected chi connectivity index (χ0v) is 14.8. The van der Waals surface area contributed by atoms with Crippen LogP contribution in [-0.2, 0) is 0 Å². The molecule has 1 N–H and O–H groups in total. The second kappa shape index (κ2) is 7.32. The van der Waals surface area contributed by atoms with Crippen LogP contribution in [0.2, 0.25) is 10.0 Å². The van der Waals surface area contributed by atoms with Crippen molar-refractivity contribution in [2.45, 2.75) is 18.9 Å². The molecule has 4 nitrogen and oxygen atoms in total. The maximum absolute atomic E-state index is 12.6. The highest BCUT2D eigenvalue weighted by Gasteiger charge is 2.30. The molecule has 1 unspecified atom stereocenters. The molecule has 0 spiro atoms. The summed E-state index contributed by atoms with van der Waals surface area (Å²) in [4.78, 5) is 14.5. The van der Waals surface area contributed by atoms with Gasteiger partial charge in [0.15, 0.2) is 0 Å². The first kappa shape index (κ1) is 16.9. The van der Waals surface area contributed by atoms with Gasteiger partial charge in [-0.15, -0.1) is 0 Å². The molecule has 0 bridgehead atoms. The van der Waals surface area contributed by atoms with Gasteiger partial charge < -0.3 is 15.0 Å². The first-order valence-corrected chi connectivity index (χ1v) is 8.50. The first-order valence-electron chi connectivity index (χ1n) is 7.75. The van der Waals surface area contributed by atoms with E-state index in [0.29, 0.717) is 15.7 Å². The number of halogens is 2. The van der Waals surface area contributed by atoms with Crippen LogP contribution in [0.15, 0.2) is 42.5 Å². The van der Waals surface area contributed by atoms with E-state index in [1.807, 2.05) is 29.2 Å². The van der Waals surface area contributed by atoms with Gasteiger partial charge in [0.05, 0.1) is 23.2 Å². The lowest BCUT2D eigenvalue weighted by molar-refractivity contribution is 0.207. The van der Waals surface area contributed by atoms with Gasteiger partial charge in [-0.2, -0.15) is 0 Å². The molecule has 0 aliphatic carbocycles. The molecule has 6 heteroatoms. The monoisotopic (exact) mass is 364 g/mol. The third-order valence-electron chi connectivity index (χ3n) is 4.19. The highest BCUT2D eigenvalue weighted by atomic mass is 35.5. The minimum atomic E-state index is -0.133. The van der Waals surface area contributed by atoms with E-state index in [1.165, 1.54) is 0 Å². The Kier molecular flexibility index (Phi) is 5.17. The number of nitrogens with one attached hydrogen (secondary N) is 1. The van der Waals surface area contributed by atoms with E-state index >= 15 is 0 Å². The standard InChI is InChI=1S/C18H18Cl2N2O2/c1-24-14-7-4-12(5-8-14)17-3-2-10-22(17)18(23)21-13-6-9-15(19)16(20)11-13/h4-9,11,17H,2-3,10H2,1H3,(H,21,23). The number of benzene rings is 2. The summed E-state index contributed by atoms with van der Waals surface area (Å²) >= 11 is 11.9. The number of rotatable bonds is 3. The molecule has 1 heterocycles.